The zero-order valence-corrected chi connectivity index (χ0v) is 14.2. The molecule has 1 heterocycles. The quantitative estimate of drug-likeness (QED) is 0.809. The second-order valence-electron chi connectivity index (χ2n) is 4.65. The van der Waals surface area contributed by atoms with Crippen molar-refractivity contribution in [3.63, 3.8) is 0 Å². The highest BCUT2D eigenvalue weighted by molar-refractivity contribution is 7.16. The summed E-state index contributed by atoms with van der Waals surface area (Å²) in [6.45, 7) is 0.324. The van der Waals surface area contributed by atoms with Crippen LogP contribution in [0.5, 0.6) is 0 Å². The van der Waals surface area contributed by atoms with E-state index in [1.807, 2.05) is 6.07 Å². The largest absolute Gasteiger partial charge is 0.465 e. The van der Waals surface area contributed by atoms with Crippen molar-refractivity contribution >= 4 is 34.8 Å². The van der Waals surface area contributed by atoms with Gasteiger partial charge in [-0.2, -0.15) is 0 Å². The van der Waals surface area contributed by atoms with Gasteiger partial charge in [0, 0.05) is 24.1 Å². The third kappa shape index (κ3) is 4.54. The first kappa shape index (κ1) is 17.5. The van der Waals surface area contributed by atoms with Gasteiger partial charge in [0.05, 0.1) is 17.0 Å². The van der Waals surface area contributed by atoms with Crippen molar-refractivity contribution < 1.29 is 19.1 Å². The average Bonchev–Trinajstić information content (AvgIpc) is 3.01. The first-order chi connectivity index (χ1) is 11.0. The number of amides is 1. The molecule has 0 aliphatic carbocycles. The number of nitrogens with one attached hydrogen (secondary N) is 1. The normalized spacial score (nSPS) is 11.8. The minimum atomic E-state index is -0.439. The van der Waals surface area contributed by atoms with Gasteiger partial charge >= 0.3 is 5.97 Å². The summed E-state index contributed by atoms with van der Waals surface area (Å²) in [5.74, 6) is -0.683. The van der Waals surface area contributed by atoms with Crippen molar-refractivity contribution in [1.29, 1.82) is 0 Å². The Morgan fingerprint density at radius 2 is 1.78 bits per heavy atom. The van der Waals surface area contributed by atoms with E-state index in [9.17, 15) is 9.59 Å². The van der Waals surface area contributed by atoms with Crippen molar-refractivity contribution in [2.45, 2.75) is 6.10 Å². The molecule has 1 aromatic carbocycles. The molecule has 0 spiro atoms. The van der Waals surface area contributed by atoms with Crippen molar-refractivity contribution in [3.8, 4) is 0 Å². The Labute approximate surface area is 143 Å². The molecular formula is C16H16ClNO4S. The fourth-order valence-corrected chi connectivity index (χ4v) is 3.10. The zero-order chi connectivity index (χ0) is 16.8. The van der Waals surface area contributed by atoms with Gasteiger partial charge in [-0.1, -0.05) is 11.6 Å². The van der Waals surface area contributed by atoms with E-state index in [-0.39, 0.29) is 12.0 Å². The SMILES string of the molecule is COC(=O)c1ccc(C(=O)NCC(OC)c2ccc(Cl)s2)cc1. The first-order valence-corrected chi connectivity index (χ1v) is 7.99. The predicted octanol–water partition coefficient (Wildman–Crippen LogP) is 3.31. The minimum absolute atomic E-state index is 0.244. The number of halogens is 1. The molecule has 1 N–H and O–H groups in total. The molecule has 5 nitrogen and oxygen atoms in total. The van der Waals surface area contributed by atoms with Crippen LogP contribution in [0.4, 0.5) is 0 Å². The first-order valence-electron chi connectivity index (χ1n) is 6.79. The lowest BCUT2D eigenvalue weighted by Gasteiger charge is -2.14. The molecule has 7 heteroatoms. The Morgan fingerprint density at radius 3 is 2.30 bits per heavy atom. The summed E-state index contributed by atoms with van der Waals surface area (Å²) in [5.41, 5.74) is 0.851. The van der Waals surface area contributed by atoms with Gasteiger partial charge in [-0.05, 0) is 36.4 Å². The maximum Gasteiger partial charge on any atom is 0.337 e. The van der Waals surface area contributed by atoms with E-state index in [1.165, 1.54) is 18.4 Å². The lowest BCUT2D eigenvalue weighted by atomic mass is 10.1. The van der Waals surface area contributed by atoms with Crippen LogP contribution in [0.3, 0.4) is 0 Å². The summed E-state index contributed by atoms with van der Waals surface area (Å²) in [4.78, 5) is 24.4. The van der Waals surface area contributed by atoms with Crippen LogP contribution in [0.2, 0.25) is 4.34 Å². The molecule has 2 aromatic rings. The van der Waals surface area contributed by atoms with Crippen LogP contribution in [-0.2, 0) is 9.47 Å². The fraction of sp³-hybridized carbons (Fsp3) is 0.250. The van der Waals surface area contributed by atoms with Crippen LogP contribution < -0.4 is 5.32 Å². The Bertz CT molecular complexity index is 684. The average molecular weight is 354 g/mol. The van der Waals surface area contributed by atoms with E-state index in [1.54, 1.807) is 37.4 Å². The van der Waals surface area contributed by atoms with Crippen molar-refractivity contribution in [2.75, 3.05) is 20.8 Å². The summed E-state index contributed by atoms with van der Waals surface area (Å²) in [6, 6.07) is 9.91. The van der Waals surface area contributed by atoms with Crippen LogP contribution in [0, 0.1) is 0 Å². The highest BCUT2D eigenvalue weighted by atomic mass is 35.5. The van der Waals surface area contributed by atoms with Gasteiger partial charge in [0.1, 0.15) is 6.10 Å². The van der Waals surface area contributed by atoms with Gasteiger partial charge < -0.3 is 14.8 Å². The number of methoxy groups -OCH3 is 2. The second kappa shape index (κ2) is 8.10. The molecule has 0 saturated heterocycles. The maximum absolute atomic E-state index is 12.1. The summed E-state index contributed by atoms with van der Waals surface area (Å²) in [5, 5.41) is 2.80. The molecule has 122 valence electrons. The number of ether oxygens (including phenoxy) is 2. The summed E-state index contributed by atoms with van der Waals surface area (Å²) in [7, 11) is 2.89. The van der Waals surface area contributed by atoms with Gasteiger partial charge in [0.15, 0.2) is 0 Å². The van der Waals surface area contributed by atoms with Crippen LogP contribution in [0.15, 0.2) is 36.4 Å². The molecule has 0 saturated carbocycles. The number of carbonyl (C=O) groups is 2. The lowest BCUT2D eigenvalue weighted by Crippen LogP contribution is -2.28. The minimum Gasteiger partial charge on any atom is -0.465 e. The van der Waals surface area contributed by atoms with E-state index in [0.29, 0.717) is 22.0 Å². The Kier molecular flexibility index (Phi) is 6.15. The molecule has 0 aliphatic rings. The molecular weight excluding hydrogens is 338 g/mol. The molecule has 1 amide bonds. The molecule has 1 aromatic heterocycles. The van der Waals surface area contributed by atoms with E-state index >= 15 is 0 Å². The van der Waals surface area contributed by atoms with Crippen LogP contribution in [-0.4, -0.2) is 32.6 Å². The highest BCUT2D eigenvalue weighted by Gasteiger charge is 2.15. The molecule has 0 fully saturated rings. The second-order valence-corrected chi connectivity index (χ2v) is 6.39. The van der Waals surface area contributed by atoms with E-state index in [0.717, 1.165) is 4.88 Å². The number of esters is 1. The van der Waals surface area contributed by atoms with Crippen LogP contribution in [0.1, 0.15) is 31.7 Å². The van der Waals surface area contributed by atoms with E-state index in [4.69, 9.17) is 16.3 Å². The van der Waals surface area contributed by atoms with Crippen LogP contribution >= 0.6 is 22.9 Å². The van der Waals surface area contributed by atoms with Gasteiger partial charge in [-0.25, -0.2) is 4.79 Å². The summed E-state index contributed by atoms with van der Waals surface area (Å²) in [6.07, 6.45) is -0.259. The third-order valence-electron chi connectivity index (χ3n) is 3.21. The number of carbonyl (C=O) groups excluding carboxylic acids is 2. The number of benzene rings is 1. The molecule has 0 radical (unpaired) electrons. The summed E-state index contributed by atoms with van der Waals surface area (Å²) < 4.78 is 10.7. The smallest absolute Gasteiger partial charge is 0.337 e. The van der Waals surface area contributed by atoms with Crippen LogP contribution in [0.25, 0.3) is 0 Å². The predicted molar refractivity (Wildman–Crippen MR) is 89.2 cm³/mol. The zero-order valence-electron chi connectivity index (χ0n) is 12.7. The molecule has 0 aliphatic heterocycles. The molecule has 1 unspecified atom stereocenters. The number of hydrogen-bond donors (Lipinski definition) is 1. The lowest BCUT2D eigenvalue weighted by molar-refractivity contribution is 0.0600. The third-order valence-corrected chi connectivity index (χ3v) is 4.54. The van der Waals surface area contributed by atoms with Gasteiger partial charge in [0.25, 0.3) is 5.91 Å². The maximum atomic E-state index is 12.1. The van der Waals surface area contributed by atoms with Crippen molar-refractivity contribution in [1.82, 2.24) is 5.32 Å². The number of hydrogen-bond acceptors (Lipinski definition) is 5. The number of thiophene rings is 1. The molecule has 1 atom stereocenters. The monoisotopic (exact) mass is 353 g/mol. The van der Waals surface area contributed by atoms with Gasteiger partial charge in [0.2, 0.25) is 0 Å². The topological polar surface area (TPSA) is 64.6 Å². The van der Waals surface area contributed by atoms with Gasteiger partial charge in [-0.3, -0.25) is 4.79 Å². The Balaban J connectivity index is 1.97. The molecule has 23 heavy (non-hydrogen) atoms. The molecule has 0 bridgehead atoms. The summed E-state index contributed by atoms with van der Waals surface area (Å²) >= 11 is 7.32. The standard InChI is InChI=1S/C16H16ClNO4S/c1-21-12(13-7-8-14(17)23-13)9-18-15(19)10-3-5-11(6-4-10)16(20)22-2/h3-8,12H,9H2,1-2H3,(H,18,19). The van der Waals surface area contributed by atoms with E-state index in [2.05, 4.69) is 10.1 Å². The highest BCUT2D eigenvalue weighted by Crippen LogP contribution is 2.28. The van der Waals surface area contributed by atoms with E-state index < -0.39 is 5.97 Å². The fourth-order valence-electron chi connectivity index (χ4n) is 1.96. The van der Waals surface area contributed by atoms with Crippen molar-refractivity contribution in [3.05, 3.63) is 56.7 Å². The Morgan fingerprint density at radius 1 is 1.13 bits per heavy atom. The molecule has 2 rings (SSSR count). The van der Waals surface area contributed by atoms with Gasteiger partial charge in [-0.15, -0.1) is 11.3 Å². The number of rotatable bonds is 6. The van der Waals surface area contributed by atoms with Crippen molar-refractivity contribution in [2.24, 2.45) is 0 Å². The Hall–Kier alpha value is -1.89.